The Morgan fingerprint density at radius 2 is 2.12 bits per heavy atom. The highest BCUT2D eigenvalue weighted by molar-refractivity contribution is 6.35. The van der Waals surface area contributed by atoms with Gasteiger partial charge in [-0.05, 0) is 37.0 Å². The van der Waals surface area contributed by atoms with Gasteiger partial charge in [-0.3, -0.25) is 0 Å². The van der Waals surface area contributed by atoms with Crippen LogP contribution in [0.2, 0.25) is 10.0 Å². The maximum atomic E-state index is 9.78. The zero-order valence-electron chi connectivity index (χ0n) is 9.25. The molecule has 1 N–H and O–H groups in total. The number of aliphatic hydroxyl groups is 1. The molecule has 1 rings (SSSR count). The summed E-state index contributed by atoms with van der Waals surface area (Å²) in [7, 11) is 1.66. The molecule has 0 amide bonds. The third-order valence-corrected chi connectivity index (χ3v) is 2.94. The van der Waals surface area contributed by atoms with E-state index < -0.39 is 0 Å². The zero-order chi connectivity index (χ0) is 12.0. The van der Waals surface area contributed by atoms with Gasteiger partial charge in [0.25, 0.3) is 0 Å². The average Bonchev–Trinajstić information content (AvgIpc) is 2.23. The predicted octanol–water partition coefficient (Wildman–Crippen LogP) is 3.32. The lowest BCUT2D eigenvalue weighted by Gasteiger charge is -2.11. The molecule has 0 spiro atoms. The molecule has 0 fully saturated rings. The van der Waals surface area contributed by atoms with Crippen molar-refractivity contribution >= 4 is 23.2 Å². The van der Waals surface area contributed by atoms with Gasteiger partial charge < -0.3 is 9.84 Å². The van der Waals surface area contributed by atoms with Crippen LogP contribution in [0.1, 0.15) is 18.4 Å². The monoisotopic (exact) mass is 262 g/mol. The lowest BCUT2D eigenvalue weighted by atomic mass is 10.0. The average molecular weight is 263 g/mol. The van der Waals surface area contributed by atoms with E-state index in [1.54, 1.807) is 19.2 Å². The normalized spacial score (nSPS) is 12.8. The Hall–Kier alpha value is -0.280. The second kappa shape index (κ2) is 7.13. The summed E-state index contributed by atoms with van der Waals surface area (Å²) in [6.45, 7) is 0.672. The van der Waals surface area contributed by atoms with Gasteiger partial charge in [-0.25, -0.2) is 0 Å². The highest BCUT2D eigenvalue weighted by Gasteiger charge is 2.08. The van der Waals surface area contributed by atoms with Crippen molar-refractivity contribution in [3.63, 3.8) is 0 Å². The maximum Gasteiger partial charge on any atom is 0.0581 e. The van der Waals surface area contributed by atoms with E-state index in [1.165, 1.54) is 0 Å². The van der Waals surface area contributed by atoms with E-state index in [4.69, 9.17) is 27.9 Å². The highest BCUT2D eigenvalue weighted by atomic mass is 35.5. The van der Waals surface area contributed by atoms with E-state index in [1.807, 2.05) is 6.07 Å². The Kier molecular flexibility index (Phi) is 6.14. The SMILES string of the molecule is COCCCC(O)Cc1ccc(Cl)cc1Cl. The largest absolute Gasteiger partial charge is 0.393 e. The van der Waals surface area contributed by atoms with Crippen LogP contribution in [-0.2, 0) is 11.2 Å². The Bertz CT molecular complexity index is 329. The van der Waals surface area contributed by atoms with Gasteiger partial charge in [0.05, 0.1) is 6.10 Å². The first kappa shape index (κ1) is 13.8. The molecule has 0 heterocycles. The molecule has 0 saturated heterocycles. The van der Waals surface area contributed by atoms with Gasteiger partial charge in [-0.1, -0.05) is 29.3 Å². The van der Waals surface area contributed by atoms with Crippen LogP contribution in [0.3, 0.4) is 0 Å². The van der Waals surface area contributed by atoms with Crippen molar-refractivity contribution < 1.29 is 9.84 Å². The van der Waals surface area contributed by atoms with Crippen LogP contribution in [-0.4, -0.2) is 24.9 Å². The number of benzene rings is 1. The minimum atomic E-state index is -0.381. The molecule has 4 heteroatoms. The molecule has 0 aliphatic carbocycles. The molecule has 0 aliphatic heterocycles. The molecule has 0 bridgehead atoms. The summed E-state index contributed by atoms with van der Waals surface area (Å²) in [5.74, 6) is 0. The Morgan fingerprint density at radius 3 is 2.75 bits per heavy atom. The molecule has 0 radical (unpaired) electrons. The molecule has 1 unspecified atom stereocenters. The third-order valence-electron chi connectivity index (χ3n) is 2.36. The molecular formula is C12H16Cl2O2. The van der Waals surface area contributed by atoms with Gasteiger partial charge in [-0.2, -0.15) is 0 Å². The molecule has 1 atom stereocenters. The first-order valence-electron chi connectivity index (χ1n) is 5.24. The van der Waals surface area contributed by atoms with Crippen LogP contribution in [0.5, 0.6) is 0 Å². The maximum absolute atomic E-state index is 9.78. The van der Waals surface area contributed by atoms with E-state index in [0.717, 1.165) is 12.0 Å². The lowest BCUT2D eigenvalue weighted by Crippen LogP contribution is -2.11. The second-order valence-electron chi connectivity index (χ2n) is 3.73. The molecule has 1 aromatic carbocycles. The Labute approximate surface area is 106 Å². The van der Waals surface area contributed by atoms with Gasteiger partial charge in [-0.15, -0.1) is 0 Å². The first-order valence-corrected chi connectivity index (χ1v) is 6.00. The van der Waals surface area contributed by atoms with Crippen LogP contribution >= 0.6 is 23.2 Å². The summed E-state index contributed by atoms with van der Waals surface area (Å²) in [5.41, 5.74) is 0.927. The molecule has 1 aromatic rings. The van der Waals surface area contributed by atoms with Crippen LogP contribution in [0.15, 0.2) is 18.2 Å². The van der Waals surface area contributed by atoms with Crippen LogP contribution in [0.25, 0.3) is 0 Å². The minimum absolute atomic E-state index is 0.381. The lowest BCUT2D eigenvalue weighted by molar-refractivity contribution is 0.135. The van der Waals surface area contributed by atoms with Crippen molar-refractivity contribution in [2.45, 2.75) is 25.4 Å². The van der Waals surface area contributed by atoms with Gasteiger partial charge >= 0.3 is 0 Å². The second-order valence-corrected chi connectivity index (χ2v) is 4.57. The zero-order valence-corrected chi connectivity index (χ0v) is 10.8. The van der Waals surface area contributed by atoms with Crippen LogP contribution in [0, 0.1) is 0 Å². The number of hydrogen-bond donors (Lipinski definition) is 1. The molecule has 2 nitrogen and oxygen atoms in total. The standard InChI is InChI=1S/C12H16Cl2O2/c1-16-6-2-3-11(15)7-9-4-5-10(13)8-12(9)14/h4-5,8,11,15H,2-3,6-7H2,1H3. The van der Waals surface area contributed by atoms with Gasteiger partial charge in [0.2, 0.25) is 0 Å². The number of methoxy groups -OCH3 is 1. The Morgan fingerprint density at radius 1 is 1.38 bits per heavy atom. The summed E-state index contributed by atoms with van der Waals surface area (Å²) in [5, 5.41) is 11.0. The highest BCUT2D eigenvalue weighted by Crippen LogP contribution is 2.22. The fraction of sp³-hybridized carbons (Fsp3) is 0.500. The van der Waals surface area contributed by atoms with E-state index in [2.05, 4.69) is 0 Å². The summed E-state index contributed by atoms with van der Waals surface area (Å²) in [4.78, 5) is 0. The number of hydrogen-bond acceptors (Lipinski definition) is 2. The van der Waals surface area contributed by atoms with Crippen LogP contribution in [0.4, 0.5) is 0 Å². The number of aliphatic hydroxyl groups excluding tert-OH is 1. The van der Waals surface area contributed by atoms with Crippen LogP contribution < -0.4 is 0 Å². The topological polar surface area (TPSA) is 29.5 Å². The van der Waals surface area contributed by atoms with Crippen molar-refractivity contribution in [2.75, 3.05) is 13.7 Å². The van der Waals surface area contributed by atoms with Crippen molar-refractivity contribution in [3.05, 3.63) is 33.8 Å². The van der Waals surface area contributed by atoms with E-state index in [0.29, 0.717) is 29.5 Å². The molecule has 0 aromatic heterocycles. The molecule has 0 saturated carbocycles. The summed E-state index contributed by atoms with van der Waals surface area (Å²) in [6.07, 6.45) is 1.74. The van der Waals surface area contributed by atoms with Crippen molar-refractivity contribution in [2.24, 2.45) is 0 Å². The summed E-state index contributed by atoms with van der Waals surface area (Å²) in [6, 6.07) is 5.33. The van der Waals surface area contributed by atoms with E-state index >= 15 is 0 Å². The number of ether oxygens (including phenoxy) is 1. The van der Waals surface area contributed by atoms with Gasteiger partial charge in [0.15, 0.2) is 0 Å². The quantitative estimate of drug-likeness (QED) is 0.798. The fourth-order valence-corrected chi connectivity index (χ4v) is 1.99. The summed E-state index contributed by atoms with van der Waals surface area (Å²) < 4.78 is 4.93. The minimum Gasteiger partial charge on any atom is -0.393 e. The van der Waals surface area contributed by atoms with Gasteiger partial charge in [0.1, 0.15) is 0 Å². The first-order chi connectivity index (χ1) is 7.63. The molecule has 16 heavy (non-hydrogen) atoms. The summed E-state index contributed by atoms with van der Waals surface area (Å²) >= 11 is 11.8. The van der Waals surface area contributed by atoms with Crippen molar-refractivity contribution in [1.29, 1.82) is 0 Å². The number of halogens is 2. The van der Waals surface area contributed by atoms with Crippen molar-refractivity contribution in [3.8, 4) is 0 Å². The smallest absolute Gasteiger partial charge is 0.0581 e. The third kappa shape index (κ3) is 4.71. The number of rotatable bonds is 6. The predicted molar refractivity (Wildman–Crippen MR) is 67.3 cm³/mol. The van der Waals surface area contributed by atoms with Gasteiger partial charge in [0, 0.05) is 23.8 Å². The van der Waals surface area contributed by atoms with E-state index in [-0.39, 0.29) is 6.10 Å². The molecule has 90 valence electrons. The fourth-order valence-electron chi connectivity index (χ4n) is 1.51. The molecule has 0 aliphatic rings. The van der Waals surface area contributed by atoms with Crippen molar-refractivity contribution in [1.82, 2.24) is 0 Å². The molecular weight excluding hydrogens is 247 g/mol. The van der Waals surface area contributed by atoms with E-state index in [9.17, 15) is 5.11 Å². The Balaban J connectivity index is 2.46.